The fraction of sp³-hybridized carbons (Fsp3) is 0.423. The number of hydrogen-bond donors (Lipinski definition) is 1. The molecule has 0 aliphatic heterocycles. The topological polar surface area (TPSA) is 80.9 Å². The summed E-state index contributed by atoms with van der Waals surface area (Å²) in [6.07, 6.45) is 0.201. The second-order valence-corrected chi connectivity index (χ2v) is 9.46. The number of aryl methyl sites for hydroxylation is 1. The molecule has 0 bridgehead atoms. The van der Waals surface area contributed by atoms with Crippen LogP contribution in [-0.4, -0.2) is 15.8 Å². The first-order chi connectivity index (χ1) is 16.8. The van der Waals surface area contributed by atoms with Gasteiger partial charge in [0.15, 0.2) is 0 Å². The Labute approximate surface area is 199 Å². The Morgan fingerprint density at radius 1 is 1.11 bits per heavy atom. The number of rotatable bonds is 7. The Hall–Kier alpha value is -3.36. The summed E-state index contributed by atoms with van der Waals surface area (Å²) in [5.41, 5.74) is 2.26. The molecule has 0 unspecified atom stereocenters. The molecule has 1 fully saturated rings. The first kappa shape index (κ1) is 23.4. The van der Waals surface area contributed by atoms with Crippen molar-refractivity contribution >= 4 is 16.9 Å². The Kier molecular flexibility index (Phi) is 6.02. The quantitative estimate of drug-likeness (QED) is 0.367. The fourth-order valence-electron chi connectivity index (χ4n) is 5.76. The average molecular weight is 486 g/mol. The van der Waals surface area contributed by atoms with Crippen LogP contribution in [0.5, 0.6) is 5.75 Å². The van der Waals surface area contributed by atoms with Gasteiger partial charge in [-0.2, -0.15) is 13.2 Å². The molecule has 3 aromatic rings. The number of nitrogens with zero attached hydrogens (tertiary/aromatic N) is 2. The van der Waals surface area contributed by atoms with E-state index in [1.807, 2.05) is 0 Å². The van der Waals surface area contributed by atoms with E-state index in [4.69, 9.17) is 4.74 Å². The van der Waals surface area contributed by atoms with Gasteiger partial charge in [-0.05, 0) is 72.6 Å². The van der Waals surface area contributed by atoms with E-state index in [1.165, 1.54) is 10.7 Å². The summed E-state index contributed by atoms with van der Waals surface area (Å²) >= 11 is 0. The van der Waals surface area contributed by atoms with Gasteiger partial charge in [0.2, 0.25) is 0 Å². The number of ether oxygens (including phenoxy) is 1. The van der Waals surface area contributed by atoms with Crippen LogP contribution < -0.4 is 4.74 Å². The molecule has 2 aliphatic carbocycles. The molecular weight excluding hydrogens is 461 g/mol. The first-order valence-electron chi connectivity index (χ1n) is 11.8. The Balaban J connectivity index is 1.41. The van der Waals surface area contributed by atoms with E-state index in [1.54, 1.807) is 30.3 Å². The van der Waals surface area contributed by atoms with Crippen LogP contribution in [0.3, 0.4) is 0 Å². The lowest BCUT2D eigenvalue weighted by molar-refractivity contribution is -0.139. The Morgan fingerprint density at radius 3 is 2.57 bits per heavy atom. The van der Waals surface area contributed by atoms with Gasteiger partial charge >= 0.3 is 12.1 Å². The van der Waals surface area contributed by atoms with Crippen molar-refractivity contribution in [2.75, 3.05) is 0 Å². The molecule has 0 amide bonds. The third kappa shape index (κ3) is 4.39. The van der Waals surface area contributed by atoms with Crippen LogP contribution >= 0.6 is 0 Å². The number of nitroso groups, excluding NO2 is 1. The van der Waals surface area contributed by atoms with Gasteiger partial charge in [-0.3, -0.25) is 4.79 Å². The third-order valence-corrected chi connectivity index (χ3v) is 7.31. The summed E-state index contributed by atoms with van der Waals surface area (Å²) in [4.78, 5) is 22.8. The number of alkyl halides is 3. The average Bonchev–Trinajstić information content (AvgIpc) is 3.54. The molecule has 184 valence electrons. The predicted molar refractivity (Wildman–Crippen MR) is 123 cm³/mol. The maximum atomic E-state index is 13.8. The number of benzene rings is 2. The minimum absolute atomic E-state index is 0.0317. The van der Waals surface area contributed by atoms with Crippen LogP contribution in [0.1, 0.15) is 78.3 Å². The molecule has 0 saturated heterocycles. The summed E-state index contributed by atoms with van der Waals surface area (Å²) in [7, 11) is 0. The van der Waals surface area contributed by atoms with Crippen molar-refractivity contribution in [1.82, 2.24) is 4.68 Å². The monoisotopic (exact) mass is 486 g/mol. The van der Waals surface area contributed by atoms with Crippen LogP contribution in [0, 0.1) is 4.91 Å². The summed E-state index contributed by atoms with van der Waals surface area (Å²) < 4.78 is 48.4. The molecule has 1 atom stereocenters. The van der Waals surface area contributed by atoms with Crippen molar-refractivity contribution < 1.29 is 27.8 Å². The van der Waals surface area contributed by atoms with Crippen molar-refractivity contribution in [2.45, 2.75) is 69.6 Å². The van der Waals surface area contributed by atoms with Gasteiger partial charge in [-0.1, -0.05) is 25.0 Å². The molecule has 1 aromatic heterocycles. The van der Waals surface area contributed by atoms with Crippen LogP contribution in [0.15, 0.2) is 41.7 Å². The molecule has 1 heterocycles. The van der Waals surface area contributed by atoms with Gasteiger partial charge in [0.1, 0.15) is 12.4 Å². The van der Waals surface area contributed by atoms with Crippen molar-refractivity contribution in [3.05, 3.63) is 69.3 Å². The van der Waals surface area contributed by atoms with E-state index >= 15 is 0 Å². The molecule has 9 heteroatoms. The molecular formula is C26H25F3N2O4. The highest BCUT2D eigenvalue weighted by atomic mass is 19.4. The SMILES string of the molecule is O=Nn1c2c(c3cc(OCc4ccc(C5CCCC5)c(C(F)(F)F)c4)ccc31)CC[C@@H]2CC(=O)O. The highest BCUT2D eigenvalue weighted by Crippen LogP contribution is 2.44. The molecule has 2 aromatic carbocycles. The molecule has 1 saturated carbocycles. The number of aromatic nitrogens is 1. The Morgan fingerprint density at radius 2 is 1.89 bits per heavy atom. The number of carboxylic acids is 1. The molecule has 5 rings (SSSR count). The number of aliphatic carboxylic acids is 1. The van der Waals surface area contributed by atoms with Gasteiger partial charge in [0, 0.05) is 11.3 Å². The smallest absolute Gasteiger partial charge is 0.416 e. The van der Waals surface area contributed by atoms with Crippen LogP contribution in [0.4, 0.5) is 13.2 Å². The van der Waals surface area contributed by atoms with Crippen LogP contribution in [0.2, 0.25) is 0 Å². The van der Waals surface area contributed by atoms with Gasteiger partial charge in [0.05, 0.1) is 28.5 Å². The van der Waals surface area contributed by atoms with Crippen molar-refractivity contribution in [1.29, 1.82) is 0 Å². The lowest BCUT2D eigenvalue weighted by Crippen LogP contribution is -2.12. The maximum absolute atomic E-state index is 13.8. The van der Waals surface area contributed by atoms with Crippen LogP contribution in [-0.2, 0) is 24.0 Å². The van der Waals surface area contributed by atoms with E-state index in [0.717, 1.165) is 36.6 Å². The zero-order valence-electron chi connectivity index (χ0n) is 19.0. The molecule has 0 spiro atoms. The van der Waals surface area contributed by atoms with Gasteiger partial charge in [0.25, 0.3) is 0 Å². The lowest BCUT2D eigenvalue weighted by Gasteiger charge is -2.19. The van der Waals surface area contributed by atoms with Crippen molar-refractivity contribution in [3.63, 3.8) is 0 Å². The number of carboxylic acid groups (broad SMARTS) is 1. The molecule has 1 N–H and O–H groups in total. The summed E-state index contributed by atoms with van der Waals surface area (Å²) in [6.45, 7) is -0.0317. The molecule has 6 nitrogen and oxygen atoms in total. The van der Waals surface area contributed by atoms with E-state index in [-0.39, 0.29) is 24.9 Å². The van der Waals surface area contributed by atoms with E-state index in [2.05, 4.69) is 5.29 Å². The van der Waals surface area contributed by atoms with Crippen LogP contribution in [0.25, 0.3) is 10.9 Å². The Bertz CT molecular complexity index is 1290. The van der Waals surface area contributed by atoms with E-state index in [9.17, 15) is 28.0 Å². The normalized spacial score (nSPS) is 18.2. The highest BCUT2D eigenvalue weighted by Gasteiger charge is 2.36. The summed E-state index contributed by atoms with van der Waals surface area (Å²) in [5, 5.41) is 13.1. The van der Waals surface area contributed by atoms with Gasteiger partial charge < -0.3 is 9.84 Å². The maximum Gasteiger partial charge on any atom is 0.416 e. The van der Waals surface area contributed by atoms with E-state index in [0.29, 0.717) is 40.9 Å². The summed E-state index contributed by atoms with van der Waals surface area (Å²) in [6, 6.07) is 9.54. The minimum Gasteiger partial charge on any atom is -0.489 e. The first-order valence-corrected chi connectivity index (χ1v) is 11.8. The number of carbonyl (C=O) groups is 1. The zero-order chi connectivity index (χ0) is 24.7. The molecule has 35 heavy (non-hydrogen) atoms. The van der Waals surface area contributed by atoms with Crippen molar-refractivity contribution in [2.24, 2.45) is 5.29 Å². The third-order valence-electron chi connectivity index (χ3n) is 7.31. The van der Waals surface area contributed by atoms with Gasteiger partial charge in [-0.15, -0.1) is 4.91 Å². The van der Waals surface area contributed by atoms with E-state index < -0.39 is 17.7 Å². The van der Waals surface area contributed by atoms with Crippen molar-refractivity contribution in [3.8, 4) is 5.75 Å². The highest BCUT2D eigenvalue weighted by molar-refractivity contribution is 5.88. The predicted octanol–water partition coefficient (Wildman–Crippen LogP) is 6.93. The standard InChI is InChI=1S/C26H25F3N2O4/c27-26(28,29)22-11-15(5-8-19(22)16-3-1-2-4-16)14-35-18-7-10-23-21(13-18)20-9-6-17(12-24(32)33)25(20)31(23)30-34/h5,7-8,10-11,13,16-17H,1-4,6,9,12,14H2,(H,32,33)/t17-/m1/s1. The van der Waals surface area contributed by atoms with Gasteiger partial charge in [-0.25, -0.2) is 4.68 Å². The summed E-state index contributed by atoms with van der Waals surface area (Å²) in [5.74, 6) is -0.826. The number of hydrogen-bond acceptors (Lipinski definition) is 4. The number of fused-ring (bicyclic) bond motifs is 3. The fourth-order valence-corrected chi connectivity index (χ4v) is 5.76. The largest absolute Gasteiger partial charge is 0.489 e. The second kappa shape index (κ2) is 9.02. The molecule has 2 aliphatic rings. The second-order valence-electron chi connectivity index (χ2n) is 9.46. The lowest BCUT2D eigenvalue weighted by atomic mass is 9.91. The number of halogens is 3. The molecule has 0 radical (unpaired) electrons. The zero-order valence-corrected chi connectivity index (χ0v) is 19.0. The minimum atomic E-state index is -4.43.